The van der Waals surface area contributed by atoms with Crippen molar-refractivity contribution in [1.29, 1.82) is 0 Å². The number of hydrogen-bond acceptors (Lipinski definition) is 4. The number of thiophene rings is 1. The predicted molar refractivity (Wildman–Crippen MR) is 129 cm³/mol. The zero-order valence-corrected chi connectivity index (χ0v) is 19.8. The van der Waals surface area contributed by atoms with Crippen LogP contribution in [0.5, 0.6) is 0 Å². The molecule has 1 aliphatic heterocycles. The maximum atomic E-state index is 10.5. The Bertz CT molecular complexity index is 764. The van der Waals surface area contributed by atoms with Gasteiger partial charge in [0.05, 0.1) is 12.6 Å². The van der Waals surface area contributed by atoms with Gasteiger partial charge in [-0.1, -0.05) is 24.3 Å². The Hall–Kier alpha value is -1.16. The predicted octanol–water partition coefficient (Wildman–Crippen LogP) is 3.15. The third-order valence-electron chi connectivity index (χ3n) is 4.72. The highest BCUT2D eigenvalue weighted by atomic mass is 127. The van der Waals surface area contributed by atoms with Crippen LogP contribution in [-0.4, -0.2) is 48.2 Å². The van der Waals surface area contributed by atoms with Crippen LogP contribution in [0.25, 0.3) is 0 Å². The highest BCUT2D eigenvalue weighted by molar-refractivity contribution is 14.0. The first-order valence-electron chi connectivity index (χ1n) is 9.68. The number of hydrogen-bond donors (Lipinski definition) is 3. The van der Waals surface area contributed by atoms with E-state index in [4.69, 9.17) is 0 Å². The molecule has 7 heteroatoms. The van der Waals surface area contributed by atoms with Crippen molar-refractivity contribution >= 4 is 41.3 Å². The number of aryl methyl sites for hydroxylation is 1. The number of rotatable bonds is 7. The largest absolute Gasteiger partial charge is 0.390 e. The summed E-state index contributed by atoms with van der Waals surface area (Å²) >= 11 is 1.77. The summed E-state index contributed by atoms with van der Waals surface area (Å²) < 4.78 is 0. The highest BCUT2D eigenvalue weighted by Gasteiger charge is 2.18. The van der Waals surface area contributed by atoms with E-state index in [0.29, 0.717) is 19.6 Å². The molecule has 0 aliphatic carbocycles. The molecular formula is C21H31IN4OS. The molecule has 3 rings (SSSR count). The molecule has 0 saturated carbocycles. The van der Waals surface area contributed by atoms with Gasteiger partial charge in [-0.2, -0.15) is 0 Å². The smallest absolute Gasteiger partial charge is 0.191 e. The van der Waals surface area contributed by atoms with Crippen molar-refractivity contribution in [3.63, 3.8) is 0 Å². The van der Waals surface area contributed by atoms with Gasteiger partial charge in [0.25, 0.3) is 0 Å². The second-order valence-corrected chi connectivity index (χ2v) is 8.37. The van der Waals surface area contributed by atoms with Crippen molar-refractivity contribution in [3.05, 3.63) is 57.3 Å². The van der Waals surface area contributed by atoms with Crippen LogP contribution in [0.3, 0.4) is 0 Å². The zero-order valence-electron chi connectivity index (χ0n) is 16.6. The van der Waals surface area contributed by atoms with Crippen molar-refractivity contribution < 1.29 is 5.11 Å². The van der Waals surface area contributed by atoms with Crippen LogP contribution >= 0.6 is 35.3 Å². The van der Waals surface area contributed by atoms with Gasteiger partial charge in [0, 0.05) is 42.5 Å². The minimum absolute atomic E-state index is 0. The van der Waals surface area contributed by atoms with Gasteiger partial charge in [0.1, 0.15) is 0 Å². The number of aliphatic hydroxyl groups excluding tert-OH is 1. The van der Waals surface area contributed by atoms with E-state index in [2.05, 4.69) is 63.8 Å². The van der Waals surface area contributed by atoms with E-state index in [1.807, 2.05) is 6.92 Å². The van der Waals surface area contributed by atoms with Crippen LogP contribution in [0, 0.1) is 6.92 Å². The minimum atomic E-state index is -0.428. The summed E-state index contributed by atoms with van der Waals surface area (Å²) in [5, 5.41) is 17.0. The Morgan fingerprint density at radius 2 is 2.00 bits per heavy atom. The molecule has 0 radical (unpaired) electrons. The first-order chi connectivity index (χ1) is 13.1. The summed E-state index contributed by atoms with van der Waals surface area (Å²) in [6.07, 6.45) is 0.629. The third kappa shape index (κ3) is 7.02. The number of nitrogens with zero attached hydrogens (tertiary/aromatic N) is 2. The molecule has 0 amide bonds. The van der Waals surface area contributed by atoms with Crippen molar-refractivity contribution in [2.45, 2.75) is 39.5 Å². The molecule has 0 spiro atoms. The molecule has 2 aromatic rings. The zero-order chi connectivity index (χ0) is 19.1. The molecule has 3 N–H and O–H groups in total. The molecule has 1 unspecified atom stereocenters. The van der Waals surface area contributed by atoms with Gasteiger partial charge in [0.2, 0.25) is 0 Å². The third-order valence-corrected chi connectivity index (χ3v) is 5.70. The normalized spacial score (nSPS) is 15.5. The molecule has 1 aromatic carbocycles. The van der Waals surface area contributed by atoms with E-state index in [0.717, 1.165) is 32.0 Å². The lowest BCUT2D eigenvalue weighted by Gasteiger charge is -2.30. The number of aliphatic imine (C=N–C) groups is 1. The van der Waals surface area contributed by atoms with E-state index in [1.54, 1.807) is 11.3 Å². The number of nitrogens with one attached hydrogen (secondary N) is 2. The van der Waals surface area contributed by atoms with Gasteiger partial charge in [0.15, 0.2) is 5.96 Å². The van der Waals surface area contributed by atoms with Gasteiger partial charge < -0.3 is 15.7 Å². The number of β-amino-alcohol motifs (C(OH)–C–C–N with tert-alkyl or cyclic N) is 1. The van der Waals surface area contributed by atoms with Crippen LogP contribution < -0.4 is 10.6 Å². The van der Waals surface area contributed by atoms with Crippen molar-refractivity contribution in [2.75, 3.05) is 26.2 Å². The van der Waals surface area contributed by atoms with Crippen LogP contribution in [-0.2, 0) is 19.5 Å². The lowest BCUT2D eigenvalue weighted by molar-refractivity contribution is 0.108. The Morgan fingerprint density at radius 3 is 2.71 bits per heavy atom. The average molecular weight is 514 g/mol. The molecule has 2 heterocycles. The number of benzene rings is 1. The van der Waals surface area contributed by atoms with E-state index in [1.165, 1.54) is 20.9 Å². The lowest BCUT2D eigenvalue weighted by atomic mass is 10.00. The summed E-state index contributed by atoms with van der Waals surface area (Å²) in [4.78, 5) is 9.50. The van der Waals surface area contributed by atoms with Gasteiger partial charge >= 0.3 is 0 Å². The van der Waals surface area contributed by atoms with Crippen molar-refractivity contribution in [2.24, 2.45) is 4.99 Å². The Balaban J connectivity index is 0.00000280. The summed E-state index contributed by atoms with van der Waals surface area (Å²) in [5.74, 6) is 0.756. The first kappa shape index (κ1) is 23.1. The van der Waals surface area contributed by atoms with E-state index >= 15 is 0 Å². The molecule has 154 valence electrons. The summed E-state index contributed by atoms with van der Waals surface area (Å²) in [6, 6.07) is 12.8. The average Bonchev–Trinajstić information content (AvgIpc) is 3.09. The molecule has 0 bridgehead atoms. The van der Waals surface area contributed by atoms with Gasteiger partial charge in [-0.15, -0.1) is 35.3 Å². The SMILES string of the molecule is CCNC(=NCc1ccc(C)s1)NCC(O)CN1CCc2ccccc2C1.I. The number of halogens is 1. The molecule has 1 aliphatic rings. The topological polar surface area (TPSA) is 59.9 Å². The Kier molecular flexibility index (Phi) is 9.70. The van der Waals surface area contributed by atoms with Gasteiger partial charge in [-0.25, -0.2) is 4.99 Å². The fourth-order valence-corrected chi connectivity index (χ4v) is 4.17. The van der Waals surface area contributed by atoms with E-state index in [9.17, 15) is 5.11 Å². The maximum absolute atomic E-state index is 10.5. The highest BCUT2D eigenvalue weighted by Crippen LogP contribution is 2.18. The Morgan fingerprint density at radius 1 is 1.21 bits per heavy atom. The van der Waals surface area contributed by atoms with Crippen LogP contribution in [0.1, 0.15) is 27.8 Å². The van der Waals surface area contributed by atoms with Gasteiger partial charge in [-0.3, -0.25) is 4.90 Å². The van der Waals surface area contributed by atoms with Crippen LogP contribution in [0.15, 0.2) is 41.4 Å². The molecule has 0 fully saturated rings. The standard InChI is InChI=1S/C21H30N4OS.HI/c1-3-22-21(24-13-20-9-8-16(2)27-20)23-12-19(26)15-25-11-10-17-6-4-5-7-18(17)14-25;/h4-9,19,26H,3,10-15H2,1-2H3,(H2,22,23,24);1H. The van der Waals surface area contributed by atoms with E-state index < -0.39 is 6.10 Å². The summed E-state index contributed by atoms with van der Waals surface area (Å²) in [7, 11) is 0. The van der Waals surface area contributed by atoms with Crippen LogP contribution in [0.4, 0.5) is 0 Å². The molecule has 0 saturated heterocycles. The molecule has 28 heavy (non-hydrogen) atoms. The minimum Gasteiger partial charge on any atom is -0.390 e. The Labute approximate surface area is 189 Å². The maximum Gasteiger partial charge on any atom is 0.191 e. The number of fused-ring (bicyclic) bond motifs is 1. The first-order valence-corrected chi connectivity index (χ1v) is 10.5. The fraction of sp³-hybridized carbons (Fsp3) is 0.476. The fourth-order valence-electron chi connectivity index (χ4n) is 3.36. The summed E-state index contributed by atoms with van der Waals surface area (Å²) in [5.41, 5.74) is 2.82. The molecule has 1 atom stereocenters. The van der Waals surface area contributed by atoms with Crippen LogP contribution in [0.2, 0.25) is 0 Å². The summed E-state index contributed by atoms with van der Waals surface area (Å²) in [6.45, 7) is 8.70. The van der Waals surface area contributed by atoms with Gasteiger partial charge in [-0.05, 0) is 43.5 Å². The molecular weight excluding hydrogens is 483 g/mol. The second-order valence-electron chi connectivity index (χ2n) is 7.00. The van der Waals surface area contributed by atoms with Crippen molar-refractivity contribution in [1.82, 2.24) is 15.5 Å². The molecule has 5 nitrogen and oxygen atoms in total. The van der Waals surface area contributed by atoms with E-state index in [-0.39, 0.29) is 24.0 Å². The number of guanidine groups is 1. The van der Waals surface area contributed by atoms with Crippen molar-refractivity contribution in [3.8, 4) is 0 Å². The lowest BCUT2D eigenvalue weighted by Crippen LogP contribution is -2.45. The molecule has 1 aromatic heterocycles. The number of aliphatic hydroxyl groups is 1. The quantitative estimate of drug-likeness (QED) is 0.302. The second kappa shape index (κ2) is 11.7. The monoisotopic (exact) mass is 514 g/mol.